The van der Waals surface area contributed by atoms with Crippen molar-refractivity contribution in [3.05, 3.63) is 77.1 Å². The standard InChI is InChI=1S/C43H52O14/c1-10-13-27(45)55-19-40(7,20-56-28(46)14-11-2)21-57-29(47)16-12-15-25-17-18-26-23(5)41(8)33(36(50)31(26)34(25)48)38(52)43(54)37(51)30(24(6)44)35(49)32(22(3)4)42(43,9)39(41)53/h10-12,15,17-18,22-23,32,39,48,50-51,53-54H,1-2,13-14,16,19-21H2,3-9H3/b15-12+/t23-,32?,39-,41+,42+,43+/m1/s1. The molecule has 4 rings (SSSR count). The van der Waals surface area contributed by atoms with Crippen molar-refractivity contribution in [2.75, 3.05) is 19.8 Å². The zero-order valence-corrected chi connectivity index (χ0v) is 33.3. The number of aliphatic hydroxyl groups excluding tert-OH is 3. The number of hydrogen-bond acceptors (Lipinski definition) is 14. The molecule has 6 atom stereocenters. The van der Waals surface area contributed by atoms with Gasteiger partial charge in [0, 0.05) is 22.3 Å². The summed E-state index contributed by atoms with van der Waals surface area (Å²) in [5, 5.41) is 59.5. The number of rotatable bonds is 15. The normalized spacial score (nSPS) is 27.1. The summed E-state index contributed by atoms with van der Waals surface area (Å²) in [5.74, 6) is -10.1. The van der Waals surface area contributed by atoms with Crippen LogP contribution in [0.3, 0.4) is 0 Å². The SMILES string of the molecule is C=CCC(=O)OCC(C)(COC(=O)CC=C)COC(=O)C/C=C/c1ccc2c(c1O)C(O)=C1C(=O)[C@@]3(O)C(O)=C(C(C)=O)C(=O)C(C(C)C)[C@@]3(C)[C@H](O)[C@@]1(C)[C@@H]2C. The van der Waals surface area contributed by atoms with Crippen LogP contribution in [0.5, 0.6) is 5.75 Å². The number of esters is 3. The zero-order chi connectivity index (χ0) is 43.0. The van der Waals surface area contributed by atoms with Gasteiger partial charge in [-0.3, -0.25) is 28.8 Å². The maximum absolute atomic E-state index is 14.7. The lowest BCUT2D eigenvalue weighted by Gasteiger charge is -2.63. The van der Waals surface area contributed by atoms with Gasteiger partial charge in [-0.05, 0) is 31.2 Å². The quantitative estimate of drug-likeness (QED) is 0.0688. The van der Waals surface area contributed by atoms with Gasteiger partial charge in [-0.15, -0.1) is 13.2 Å². The van der Waals surface area contributed by atoms with Gasteiger partial charge in [0.15, 0.2) is 17.2 Å². The molecule has 5 N–H and O–H groups in total. The Hall–Kier alpha value is -5.34. The highest BCUT2D eigenvalue weighted by molar-refractivity contribution is 6.24. The van der Waals surface area contributed by atoms with Crippen LogP contribution < -0.4 is 0 Å². The minimum absolute atomic E-state index is 0.0523. The summed E-state index contributed by atoms with van der Waals surface area (Å²) in [4.78, 5) is 77.8. The van der Waals surface area contributed by atoms with Crippen molar-refractivity contribution in [1.82, 2.24) is 0 Å². The van der Waals surface area contributed by atoms with Gasteiger partial charge in [0.1, 0.15) is 42.7 Å². The van der Waals surface area contributed by atoms with Crippen molar-refractivity contribution in [2.24, 2.45) is 28.1 Å². The molecular formula is C43H52O14. The Morgan fingerprint density at radius 1 is 0.912 bits per heavy atom. The number of fused-ring (bicyclic) bond motifs is 3. The van der Waals surface area contributed by atoms with Crippen LogP contribution in [0, 0.1) is 28.1 Å². The lowest BCUT2D eigenvalue weighted by Crippen LogP contribution is -2.75. The summed E-state index contributed by atoms with van der Waals surface area (Å²) in [7, 11) is 0. The van der Waals surface area contributed by atoms with Crippen LogP contribution in [0.15, 0.2) is 60.4 Å². The van der Waals surface area contributed by atoms with Crippen LogP contribution in [0.25, 0.3) is 11.8 Å². The number of aromatic hydroxyl groups is 1. The van der Waals surface area contributed by atoms with E-state index in [1.807, 2.05) is 0 Å². The first kappa shape index (κ1) is 44.4. The summed E-state index contributed by atoms with van der Waals surface area (Å²) in [6, 6.07) is 3.07. The molecule has 1 fully saturated rings. The summed E-state index contributed by atoms with van der Waals surface area (Å²) >= 11 is 0. The third kappa shape index (κ3) is 7.25. The highest BCUT2D eigenvalue weighted by Gasteiger charge is 2.77. The van der Waals surface area contributed by atoms with Gasteiger partial charge in [-0.1, -0.05) is 71.1 Å². The largest absolute Gasteiger partial charge is 0.508 e. The summed E-state index contributed by atoms with van der Waals surface area (Å²) < 4.78 is 15.9. The summed E-state index contributed by atoms with van der Waals surface area (Å²) in [6.45, 7) is 16.6. The molecule has 0 aliphatic heterocycles. The Kier molecular flexibility index (Phi) is 12.7. The Bertz CT molecular complexity index is 1970. The predicted octanol–water partition coefficient (Wildman–Crippen LogP) is 4.91. The number of phenols is 1. The lowest BCUT2D eigenvalue weighted by molar-refractivity contribution is -0.215. The Morgan fingerprint density at radius 3 is 1.89 bits per heavy atom. The van der Waals surface area contributed by atoms with Gasteiger partial charge in [0.05, 0.1) is 41.9 Å². The number of carbonyl (C=O) groups excluding carboxylic acids is 6. The van der Waals surface area contributed by atoms with Crippen molar-refractivity contribution >= 4 is 47.1 Å². The number of ketones is 3. The molecule has 57 heavy (non-hydrogen) atoms. The lowest BCUT2D eigenvalue weighted by atomic mass is 9.40. The number of hydrogen-bond donors (Lipinski definition) is 5. The highest BCUT2D eigenvalue weighted by Crippen LogP contribution is 2.67. The van der Waals surface area contributed by atoms with Crippen molar-refractivity contribution in [1.29, 1.82) is 0 Å². The third-order valence-electron chi connectivity index (χ3n) is 11.8. The molecule has 0 aromatic heterocycles. The van der Waals surface area contributed by atoms with Gasteiger partial charge in [0.2, 0.25) is 5.78 Å². The second kappa shape index (κ2) is 16.3. The van der Waals surface area contributed by atoms with Crippen molar-refractivity contribution in [2.45, 2.75) is 85.4 Å². The smallest absolute Gasteiger partial charge is 0.309 e. The first-order chi connectivity index (χ1) is 26.5. The zero-order valence-electron chi connectivity index (χ0n) is 33.3. The summed E-state index contributed by atoms with van der Waals surface area (Å²) in [5.41, 5.74) is -8.88. The molecule has 0 amide bonds. The van der Waals surface area contributed by atoms with Gasteiger partial charge in [-0.25, -0.2) is 0 Å². The second-order valence-corrected chi connectivity index (χ2v) is 16.2. The average molecular weight is 793 g/mol. The monoisotopic (exact) mass is 792 g/mol. The van der Waals surface area contributed by atoms with E-state index in [1.165, 1.54) is 44.2 Å². The molecule has 1 aromatic rings. The van der Waals surface area contributed by atoms with Crippen LogP contribution in [-0.2, 0) is 43.0 Å². The maximum Gasteiger partial charge on any atom is 0.309 e. The molecular weight excluding hydrogens is 740 g/mol. The third-order valence-corrected chi connectivity index (χ3v) is 11.8. The van der Waals surface area contributed by atoms with Crippen LogP contribution >= 0.6 is 0 Å². The number of ether oxygens (including phenoxy) is 3. The predicted molar refractivity (Wildman–Crippen MR) is 206 cm³/mol. The Labute approximate surface area is 331 Å². The van der Waals surface area contributed by atoms with Crippen LogP contribution in [-0.4, -0.2) is 92.3 Å². The van der Waals surface area contributed by atoms with E-state index in [9.17, 15) is 54.3 Å². The van der Waals surface area contributed by atoms with Crippen LogP contribution in [0.4, 0.5) is 0 Å². The molecule has 0 heterocycles. The Morgan fingerprint density at radius 2 is 1.42 bits per heavy atom. The van der Waals surface area contributed by atoms with E-state index in [4.69, 9.17) is 14.2 Å². The van der Waals surface area contributed by atoms with Gasteiger partial charge < -0.3 is 39.7 Å². The molecule has 1 unspecified atom stereocenters. The van der Waals surface area contributed by atoms with E-state index >= 15 is 0 Å². The second-order valence-electron chi connectivity index (χ2n) is 16.2. The number of carbonyl (C=O) groups is 6. The van der Waals surface area contributed by atoms with Crippen molar-refractivity contribution in [3.8, 4) is 5.75 Å². The van der Waals surface area contributed by atoms with E-state index in [1.54, 1.807) is 33.8 Å². The van der Waals surface area contributed by atoms with E-state index in [0.29, 0.717) is 5.56 Å². The number of benzene rings is 1. The fourth-order valence-corrected chi connectivity index (χ4v) is 8.66. The molecule has 1 saturated carbocycles. The van der Waals surface area contributed by atoms with Gasteiger partial charge >= 0.3 is 17.9 Å². The maximum atomic E-state index is 14.7. The van der Waals surface area contributed by atoms with Crippen LogP contribution in [0.2, 0.25) is 0 Å². The molecule has 0 spiro atoms. The Balaban J connectivity index is 1.67. The first-order valence-corrected chi connectivity index (χ1v) is 18.6. The van der Waals surface area contributed by atoms with Crippen LogP contribution in [0.1, 0.15) is 90.3 Å². The molecule has 0 saturated heterocycles. The van der Waals surface area contributed by atoms with Crippen molar-refractivity contribution in [3.63, 3.8) is 0 Å². The van der Waals surface area contributed by atoms with Crippen molar-refractivity contribution < 1.29 is 68.5 Å². The minimum atomic E-state index is -3.01. The average Bonchev–Trinajstić information content (AvgIpc) is 3.13. The number of phenolic OH excluding ortho intramolecular Hbond substituents is 1. The topological polar surface area (TPSA) is 231 Å². The number of allylic oxidation sites excluding steroid dienone is 1. The van der Waals surface area contributed by atoms with E-state index in [0.717, 1.165) is 6.92 Å². The number of aliphatic hydroxyl groups is 4. The molecule has 1 aromatic carbocycles. The molecule has 14 heteroatoms. The fraction of sp³-hybridized carbons (Fsp3) is 0.488. The molecule has 0 radical (unpaired) electrons. The van der Waals surface area contributed by atoms with E-state index in [2.05, 4.69) is 13.2 Å². The molecule has 14 nitrogen and oxygen atoms in total. The summed E-state index contributed by atoms with van der Waals surface area (Å²) in [6.07, 6.45) is 3.30. The molecule has 3 aliphatic carbocycles. The molecule has 0 bridgehead atoms. The molecule has 308 valence electrons. The van der Waals surface area contributed by atoms with Gasteiger partial charge in [0.25, 0.3) is 0 Å². The fourth-order valence-electron chi connectivity index (χ4n) is 8.66. The first-order valence-electron chi connectivity index (χ1n) is 18.6. The van der Waals surface area contributed by atoms with Gasteiger partial charge in [-0.2, -0.15) is 0 Å². The van der Waals surface area contributed by atoms with E-state index in [-0.39, 0.29) is 50.2 Å². The number of Topliss-reactive ketones (excluding diaryl/α,β-unsaturated/α-hetero) is 3. The molecule has 3 aliphatic rings. The highest BCUT2D eigenvalue weighted by atomic mass is 16.6. The minimum Gasteiger partial charge on any atom is -0.508 e. The van der Waals surface area contributed by atoms with E-state index < -0.39 is 109 Å².